The van der Waals surface area contributed by atoms with Gasteiger partial charge < -0.3 is 15.5 Å². The first-order valence-corrected chi connectivity index (χ1v) is 8.04. The molecule has 0 aliphatic carbocycles. The van der Waals surface area contributed by atoms with Crippen LogP contribution in [-0.2, 0) is 13.0 Å². The van der Waals surface area contributed by atoms with Gasteiger partial charge in [-0.05, 0) is 35.7 Å². The van der Waals surface area contributed by atoms with E-state index in [9.17, 15) is 4.39 Å². The Morgan fingerprint density at radius 1 is 1.04 bits per heavy atom. The highest BCUT2D eigenvalue weighted by molar-refractivity contribution is 14.0. The van der Waals surface area contributed by atoms with Gasteiger partial charge in [0.1, 0.15) is 5.82 Å². The maximum absolute atomic E-state index is 13.6. The number of halogens is 2. The SMILES string of the molecule is CN=C(NCCc1ccccc1F)NCc1ccc(N(C)C)cc1.I. The van der Waals surface area contributed by atoms with Crippen LogP contribution in [0.1, 0.15) is 11.1 Å². The zero-order valence-electron chi connectivity index (χ0n) is 14.9. The van der Waals surface area contributed by atoms with Crippen molar-refractivity contribution in [3.05, 3.63) is 65.5 Å². The summed E-state index contributed by atoms with van der Waals surface area (Å²) in [4.78, 5) is 6.26. The molecular formula is C19H26FIN4. The number of benzene rings is 2. The summed E-state index contributed by atoms with van der Waals surface area (Å²) in [7, 11) is 5.77. The Labute approximate surface area is 166 Å². The van der Waals surface area contributed by atoms with E-state index in [1.807, 2.05) is 20.2 Å². The van der Waals surface area contributed by atoms with Gasteiger partial charge in [-0.15, -0.1) is 24.0 Å². The number of hydrogen-bond acceptors (Lipinski definition) is 2. The Kier molecular flexibility index (Phi) is 9.26. The van der Waals surface area contributed by atoms with E-state index in [2.05, 4.69) is 44.8 Å². The second kappa shape index (κ2) is 10.9. The first-order valence-electron chi connectivity index (χ1n) is 8.04. The van der Waals surface area contributed by atoms with Crippen LogP contribution < -0.4 is 15.5 Å². The van der Waals surface area contributed by atoms with Crippen LogP contribution in [0.25, 0.3) is 0 Å². The average molecular weight is 456 g/mol. The Morgan fingerprint density at radius 3 is 2.32 bits per heavy atom. The predicted molar refractivity (Wildman–Crippen MR) is 114 cm³/mol. The smallest absolute Gasteiger partial charge is 0.191 e. The average Bonchev–Trinajstić information content (AvgIpc) is 2.59. The highest BCUT2D eigenvalue weighted by Crippen LogP contribution is 2.12. The number of hydrogen-bond donors (Lipinski definition) is 2. The van der Waals surface area contributed by atoms with Crippen molar-refractivity contribution >= 4 is 35.6 Å². The molecule has 0 saturated heterocycles. The van der Waals surface area contributed by atoms with Gasteiger partial charge in [-0.2, -0.15) is 0 Å². The lowest BCUT2D eigenvalue weighted by atomic mass is 10.1. The van der Waals surface area contributed by atoms with Gasteiger partial charge in [0.25, 0.3) is 0 Å². The standard InChI is InChI=1S/C19H25FN4.HI/c1-21-19(22-13-12-16-6-4-5-7-18(16)20)23-14-15-8-10-17(11-9-15)24(2)3;/h4-11H,12-14H2,1-3H3,(H2,21,22,23);1H. The molecule has 0 unspecified atom stereocenters. The Morgan fingerprint density at radius 2 is 1.72 bits per heavy atom. The highest BCUT2D eigenvalue weighted by Gasteiger charge is 2.02. The summed E-state index contributed by atoms with van der Waals surface area (Å²) in [5, 5.41) is 6.48. The summed E-state index contributed by atoms with van der Waals surface area (Å²) >= 11 is 0. The van der Waals surface area contributed by atoms with E-state index in [-0.39, 0.29) is 29.8 Å². The summed E-state index contributed by atoms with van der Waals surface area (Å²) in [5.41, 5.74) is 3.06. The minimum Gasteiger partial charge on any atom is -0.378 e. The monoisotopic (exact) mass is 456 g/mol. The maximum atomic E-state index is 13.6. The van der Waals surface area contributed by atoms with E-state index in [0.717, 1.165) is 0 Å². The van der Waals surface area contributed by atoms with Gasteiger partial charge in [0.15, 0.2) is 5.96 Å². The number of guanidine groups is 1. The van der Waals surface area contributed by atoms with E-state index in [1.165, 1.54) is 17.3 Å². The van der Waals surface area contributed by atoms with Gasteiger partial charge in [0.05, 0.1) is 0 Å². The molecule has 0 bridgehead atoms. The molecule has 6 heteroatoms. The first kappa shape index (κ1) is 21.2. The van der Waals surface area contributed by atoms with Crippen molar-refractivity contribution in [3.8, 4) is 0 Å². The molecule has 0 heterocycles. The van der Waals surface area contributed by atoms with E-state index in [0.29, 0.717) is 31.0 Å². The molecule has 25 heavy (non-hydrogen) atoms. The third-order valence-electron chi connectivity index (χ3n) is 3.78. The molecule has 0 fully saturated rings. The Balaban J connectivity index is 0.00000312. The molecule has 2 rings (SSSR count). The molecular weight excluding hydrogens is 430 g/mol. The summed E-state index contributed by atoms with van der Waals surface area (Å²) in [6.07, 6.45) is 0.616. The minimum atomic E-state index is -0.164. The summed E-state index contributed by atoms with van der Waals surface area (Å²) in [6.45, 7) is 1.31. The van der Waals surface area contributed by atoms with E-state index in [4.69, 9.17) is 0 Å². The van der Waals surface area contributed by atoms with Crippen molar-refractivity contribution in [3.63, 3.8) is 0 Å². The lowest BCUT2D eigenvalue weighted by molar-refractivity contribution is 0.606. The molecule has 0 amide bonds. The Bertz CT molecular complexity index is 671. The number of nitrogens with one attached hydrogen (secondary N) is 2. The molecule has 0 aliphatic heterocycles. The molecule has 4 nitrogen and oxygen atoms in total. The van der Waals surface area contributed by atoms with E-state index < -0.39 is 0 Å². The van der Waals surface area contributed by atoms with Gasteiger partial charge >= 0.3 is 0 Å². The van der Waals surface area contributed by atoms with Crippen molar-refractivity contribution in [2.45, 2.75) is 13.0 Å². The summed E-state index contributed by atoms with van der Waals surface area (Å²) < 4.78 is 13.6. The molecule has 0 aliphatic rings. The second-order valence-electron chi connectivity index (χ2n) is 5.75. The molecule has 0 aromatic heterocycles. The second-order valence-corrected chi connectivity index (χ2v) is 5.75. The normalized spacial score (nSPS) is 10.8. The maximum Gasteiger partial charge on any atom is 0.191 e. The molecule has 2 N–H and O–H groups in total. The lowest BCUT2D eigenvalue weighted by Crippen LogP contribution is -2.37. The fraction of sp³-hybridized carbons (Fsp3) is 0.316. The van der Waals surface area contributed by atoms with Crippen LogP contribution in [0.2, 0.25) is 0 Å². The minimum absolute atomic E-state index is 0. The van der Waals surface area contributed by atoms with Gasteiger partial charge in [-0.3, -0.25) is 4.99 Å². The fourth-order valence-electron chi connectivity index (χ4n) is 2.34. The fourth-order valence-corrected chi connectivity index (χ4v) is 2.34. The van der Waals surface area contributed by atoms with Crippen molar-refractivity contribution in [1.29, 1.82) is 0 Å². The lowest BCUT2D eigenvalue weighted by Gasteiger charge is -2.14. The van der Waals surface area contributed by atoms with Crippen LogP contribution in [0.15, 0.2) is 53.5 Å². The highest BCUT2D eigenvalue weighted by atomic mass is 127. The zero-order chi connectivity index (χ0) is 17.4. The van der Waals surface area contributed by atoms with Gasteiger partial charge in [0.2, 0.25) is 0 Å². The first-order chi connectivity index (χ1) is 11.6. The molecule has 136 valence electrons. The quantitative estimate of drug-likeness (QED) is 0.398. The van der Waals surface area contributed by atoms with Crippen LogP contribution in [0.3, 0.4) is 0 Å². The van der Waals surface area contributed by atoms with Gasteiger partial charge in [-0.1, -0.05) is 30.3 Å². The molecule has 0 radical (unpaired) electrons. The van der Waals surface area contributed by atoms with Crippen molar-refractivity contribution in [2.75, 3.05) is 32.6 Å². The van der Waals surface area contributed by atoms with Crippen LogP contribution in [0.4, 0.5) is 10.1 Å². The van der Waals surface area contributed by atoms with E-state index >= 15 is 0 Å². The number of aliphatic imine (C=N–C) groups is 1. The largest absolute Gasteiger partial charge is 0.378 e. The number of anilines is 1. The molecule has 2 aromatic rings. The van der Waals surface area contributed by atoms with Crippen LogP contribution in [-0.4, -0.2) is 33.6 Å². The predicted octanol–water partition coefficient (Wildman–Crippen LogP) is 3.42. The Hall–Kier alpha value is -1.83. The summed E-state index contributed by atoms with van der Waals surface area (Å²) in [6, 6.07) is 15.2. The molecule has 2 aromatic carbocycles. The molecule has 0 spiro atoms. The third-order valence-corrected chi connectivity index (χ3v) is 3.78. The van der Waals surface area contributed by atoms with Gasteiger partial charge in [-0.25, -0.2) is 4.39 Å². The van der Waals surface area contributed by atoms with Crippen LogP contribution in [0, 0.1) is 5.82 Å². The van der Waals surface area contributed by atoms with Crippen molar-refractivity contribution in [2.24, 2.45) is 4.99 Å². The zero-order valence-corrected chi connectivity index (χ0v) is 17.3. The van der Waals surface area contributed by atoms with Crippen molar-refractivity contribution in [1.82, 2.24) is 10.6 Å². The summed E-state index contributed by atoms with van der Waals surface area (Å²) in [5.74, 6) is 0.547. The topological polar surface area (TPSA) is 39.7 Å². The number of rotatable bonds is 6. The van der Waals surface area contributed by atoms with Crippen LogP contribution in [0.5, 0.6) is 0 Å². The molecule has 0 saturated carbocycles. The number of nitrogens with zero attached hydrogens (tertiary/aromatic N) is 2. The van der Waals surface area contributed by atoms with Crippen LogP contribution >= 0.6 is 24.0 Å². The molecule has 0 atom stereocenters. The van der Waals surface area contributed by atoms with Crippen molar-refractivity contribution < 1.29 is 4.39 Å². The van der Waals surface area contributed by atoms with E-state index in [1.54, 1.807) is 19.2 Å². The third kappa shape index (κ3) is 6.89. The van der Waals surface area contributed by atoms with Gasteiger partial charge in [0, 0.05) is 39.9 Å².